The standard InChI is InChI=1S/C17H17FN4O/c1-2-3-4-13-15-14(10-5-7-11(18)8-6-10)12(9-19)16(20)23-17(15)22-21-13/h5-8,14H,2-4,20H2,1H3,(H,21,22). The van der Waals surface area contributed by atoms with Gasteiger partial charge < -0.3 is 10.5 Å². The Balaban J connectivity index is 2.13. The molecule has 118 valence electrons. The van der Waals surface area contributed by atoms with Gasteiger partial charge in [-0.05, 0) is 30.5 Å². The van der Waals surface area contributed by atoms with Crippen LogP contribution >= 0.6 is 0 Å². The predicted octanol–water partition coefficient (Wildman–Crippen LogP) is 3.11. The summed E-state index contributed by atoms with van der Waals surface area (Å²) in [5.41, 5.74) is 8.73. The minimum absolute atomic E-state index is 0.0443. The summed E-state index contributed by atoms with van der Waals surface area (Å²) in [6.45, 7) is 2.11. The van der Waals surface area contributed by atoms with Crippen LogP contribution in [0.3, 0.4) is 0 Å². The second kappa shape index (κ2) is 6.13. The number of nitriles is 1. The third-order valence-corrected chi connectivity index (χ3v) is 4.00. The van der Waals surface area contributed by atoms with Crippen molar-refractivity contribution in [1.29, 1.82) is 5.26 Å². The number of halogens is 1. The zero-order valence-electron chi connectivity index (χ0n) is 12.8. The van der Waals surface area contributed by atoms with E-state index in [2.05, 4.69) is 23.2 Å². The Morgan fingerprint density at radius 2 is 2.13 bits per heavy atom. The van der Waals surface area contributed by atoms with Crippen molar-refractivity contribution in [3.63, 3.8) is 0 Å². The van der Waals surface area contributed by atoms with E-state index >= 15 is 0 Å². The molecule has 1 aliphatic heterocycles. The number of aromatic amines is 1. The van der Waals surface area contributed by atoms with Crippen molar-refractivity contribution >= 4 is 0 Å². The van der Waals surface area contributed by atoms with E-state index in [1.165, 1.54) is 12.1 Å². The predicted molar refractivity (Wildman–Crippen MR) is 82.9 cm³/mol. The Labute approximate surface area is 133 Å². The average molecular weight is 312 g/mol. The van der Waals surface area contributed by atoms with Gasteiger partial charge >= 0.3 is 0 Å². The summed E-state index contributed by atoms with van der Waals surface area (Å²) in [7, 11) is 0. The van der Waals surface area contributed by atoms with E-state index in [1.807, 2.05) is 0 Å². The molecule has 1 atom stereocenters. The number of hydrogen-bond acceptors (Lipinski definition) is 4. The van der Waals surface area contributed by atoms with Gasteiger partial charge in [-0.15, -0.1) is 5.10 Å². The van der Waals surface area contributed by atoms with Gasteiger partial charge in [-0.3, -0.25) is 5.10 Å². The number of unbranched alkanes of at least 4 members (excludes halogenated alkanes) is 1. The van der Waals surface area contributed by atoms with E-state index in [9.17, 15) is 9.65 Å². The molecule has 2 aromatic rings. The summed E-state index contributed by atoms with van der Waals surface area (Å²) >= 11 is 0. The maximum atomic E-state index is 13.2. The van der Waals surface area contributed by atoms with Gasteiger partial charge in [0.15, 0.2) is 0 Å². The monoisotopic (exact) mass is 312 g/mol. The highest BCUT2D eigenvalue weighted by Gasteiger charge is 2.34. The molecule has 1 aromatic heterocycles. The largest absolute Gasteiger partial charge is 0.420 e. The highest BCUT2D eigenvalue weighted by molar-refractivity contribution is 5.55. The number of nitrogens with zero attached hydrogens (tertiary/aromatic N) is 2. The quantitative estimate of drug-likeness (QED) is 0.908. The number of aryl methyl sites for hydroxylation is 1. The van der Waals surface area contributed by atoms with Crippen molar-refractivity contribution in [3.8, 4) is 11.9 Å². The molecule has 3 N–H and O–H groups in total. The van der Waals surface area contributed by atoms with Crippen LogP contribution in [0.2, 0.25) is 0 Å². The first-order valence-corrected chi connectivity index (χ1v) is 7.55. The molecule has 0 spiro atoms. The first-order chi connectivity index (χ1) is 11.2. The van der Waals surface area contributed by atoms with Crippen molar-refractivity contribution in [2.75, 3.05) is 0 Å². The molecule has 0 radical (unpaired) electrons. The van der Waals surface area contributed by atoms with Crippen molar-refractivity contribution in [1.82, 2.24) is 10.2 Å². The van der Waals surface area contributed by atoms with Crippen LogP contribution in [0.15, 0.2) is 35.7 Å². The van der Waals surface area contributed by atoms with Gasteiger partial charge in [0.2, 0.25) is 11.8 Å². The maximum Gasteiger partial charge on any atom is 0.244 e. The van der Waals surface area contributed by atoms with Crippen LogP contribution in [0.25, 0.3) is 0 Å². The van der Waals surface area contributed by atoms with Crippen molar-refractivity contribution in [2.45, 2.75) is 32.1 Å². The molecule has 3 rings (SSSR count). The third kappa shape index (κ3) is 2.66. The molecule has 23 heavy (non-hydrogen) atoms. The number of hydrogen-bond donors (Lipinski definition) is 2. The summed E-state index contributed by atoms with van der Waals surface area (Å²) in [5.74, 6) is -0.283. The lowest BCUT2D eigenvalue weighted by molar-refractivity contribution is 0.378. The van der Waals surface area contributed by atoms with Gasteiger partial charge in [0, 0.05) is 11.3 Å². The zero-order valence-corrected chi connectivity index (χ0v) is 12.8. The molecule has 0 saturated carbocycles. The molecular weight excluding hydrogens is 295 g/mol. The molecule has 0 fully saturated rings. The van der Waals surface area contributed by atoms with Crippen LogP contribution in [0.5, 0.6) is 5.88 Å². The van der Waals surface area contributed by atoms with Crippen molar-refractivity contribution in [2.24, 2.45) is 5.73 Å². The average Bonchev–Trinajstić information content (AvgIpc) is 2.95. The van der Waals surface area contributed by atoms with Gasteiger partial charge in [-0.1, -0.05) is 25.5 Å². The summed E-state index contributed by atoms with van der Waals surface area (Å²) in [5, 5.41) is 16.7. The molecule has 1 aliphatic rings. The Bertz CT molecular complexity index is 786. The third-order valence-electron chi connectivity index (χ3n) is 4.00. The normalized spacial score (nSPS) is 16.7. The van der Waals surface area contributed by atoms with Gasteiger partial charge in [0.05, 0.1) is 5.92 Å². The molecule has 0 bridgehead atoms. The van der Waals surface area contributed by atoms with Gasteiger partial charge in [-0.25, -0.2) is 4.39 Å². The first-order valence-electron chi connectivity index (χ1n) is 7.55. The minimum atomic E-state index is -0.394. The second-order valence-corrected chi connectivity index (χ2v) is 5.50. The van der Waals surface area contributed by atoms with E-state index in [0.717, 1.165) is 36.1 Å². The smallest absolute Gasteiger partial charge is 0.244 e. The van der Waals surface area contributed by atoms with E-state index in [0.29, 0.717) is 11.5 Å². The molecule has 1 aromatic carbocycles. The van der Waals surface area contributed by atoms with Crippen LogP contribution in [0.4, 0.5) is 4.39 Å². The number of benzene rings is 1. The van der Waals surface area contributed by atoms with Gasteiger partial charge in [-0.2, -0.15) is 5.26 Å². The highest BCUT2D eigenvalue weighted by atomic mass is 19.1. The van der Waals surface area contributed by atoms with E-state index in [4.69, 9.17) is 10.5 Å². The fraction of sp³-hybridized carbons (Fsp3) is 0.294. The maximum absolute atomic E-state index is 13.2. The first kappa shape index (κ1) is 15.1. The fourth-order valence-electron chi connectivity index (χ4n) is 2.84. The summed E-state index contributed by atoms with van der Waals surface area (Å²) in [6.07, 6.45) is 2.84. The number of nitrogens with one attached hydrogen (secondary N) is 1. The highest BCUT2D eigenvalue weighted by Crippen LogP contribution is 2.43. The summed E-state index contributed by atoms with van der Waals surface area (Å²) < 4.78 is 18.7. The van der Waals surface area contributed by atoms with Gasteiger partial charge in [0.1, 0.15) is 17.5 Å². The molecule has 5 nitrogen and oxygen atoms in total. The molecule has 0 saturated heterocycles. The number of H-pyrrole nitrogens is 1. The van der Waals surface area contributed by atoms with E-state index < -0.39 is 5.92 Å². The van der Waals surface area contributed by atoms with Crippen LogP contribution < -0.4 is 10.5 Å². The Hall–Kier alpha value is -2.81. The Morgan fingerprint density at radius 1 is 1.39 bits per heavy atom. The van der Waals surface area contributed by atoms with E-state index in [1.54, 1.807) is 12.1 Å². The lowest BCUT2D eigenvalue weighted by atomic mass is 9.83. The minimum Gasteiger partial charge on any atom is -0.420 e. The zero-order chi connectivity index (χ0) is 16.4. The van der Waals surface area contributed by atoms with Crippen molar-refractivity contribution in [3.05, 3.63) is 58.4 Å². The van der Waals surface area contributed by atoms with Crippen LogP contribution in [0.1, 0.15) is 42.5 Å². The Kier molecular flexibility index (Phi) is 4.02. The number of nitrogens with two attached hydrogens (primary N) is 1. The second-order valence-electron chi connectivity index (χ2n) is 5.50. The lowest BCUT2D eigenvalue weighted by Crippen LogP contribution is -2.21. The summed E-state index contributed by atoms with van der Waals surface area (Å²) in [6, 6.07) is 8.20. The number of ether oxygens (including phenoxy) is 1. The molecule has 0 aliphatic carbocycles. The van der Waals surface area contributed by atoms with Crippen LogP contribution in [-0.2, 0) is 6.42 Å². The van der Waals surface area contributed by atoms with Gasteiger partial charge in [0.25, 0.3) is 0 Å². The number of rotatable bonds is 4. The molecular formula is C17H17FN4O. The topological polar surface area (TPSA) is 87.7 Å². The lowest BCUT2D eigenvalue weighted by Gasteiger charge is -2.24. The molecule has 2 heterocycles. The number of aromatic nitrogens is 2. The molecule has 6 heteroatoms. The number of fused-ring (bicyclic) bond motifs is 1. The SMILES string of the molecule is CCCCc1[nH]nc2c1C(c1ccc(F)cc1)C(C#N)=C(N)O2. The summed E-state index contributed by atoms with van der Waals surface area (Å²) in [4.78, 5) is 0. The van der Waals surface area contributed by atoms with Crippen LogP contribution in [0, 0.1) is 17.1 Å². The molecule has 1 unspecified atom stereocenters. The molecule has 0 amide bonds. The Morgan fingerprint density at radius 3 is 2.78 bits per heavy atom. The van der Waals surface area contributed by atoms with Crippen LogP contribution in [-0.4, -0.2) is 10.2 Å². The van der Waals surface area contributed by atoms with E-state index in [-0.39, 0.29) is 11.7 Å². The number of allylic oxidation sites excluding steroid dienone is 1. The van der Waals surface area contributed by atoms with Crippen molar-refractivity contribution < 1.29 is 9.13 Å². The fourth-order valence-corrected chi connectivity index (χ4v) is 2.84.